The number of aliphatic carboxylic acids is 1. The number of halogens is 1. The van der Waals surface area contributed by atoms with E-state index in [4.69, 9.17) is 5.11 Å². The Labute approximate surface area is 80.6 Å². The van der Waals surface area contributed by atoms with Crippen LogP contribution in [0.1, 0.15) is 6.92 Å². The predicted octanol–water partition coefficient (Wildman–Crippen LogP) is -4.88. The van der Waals surface area contributed by atoms with Crippen molar-refractivity contribution >= 4 is 5.97 Å². The van der Waals surface area contributed by atoms with Gasteiger partial charge in [-0.15, -0.1) is 0 Å². The van der Waals surface area contributed by atoms with Gasteiger partial charge < -0.3 is 27.4 Å². The molecule has 9 heavy (non-hydrogen) atoms. The fourth-order valence-corrected chi connectivity index (χ4v) is 0. The molecule has 0 saturated carbocycles. The summed E-state index contributed by atoms with van der Waals surface area (Å²) < 4.78 is 0. The second kappa shape index (κ2) is 11.5. The van der Waals surface area contributed by atoms with Crippen LogP contribution in [0.5, 0.6) is 0 Å². The number of carbonyl (C=O) groups is 1. The van der Waals surface area contributed by atoms with E-state index < -0.39 is 12.1 Å². The molecule has 1 unspecified atom stereocenters. The van der Waals surface area contributed by atoms with E-state index in [2.05, 4.69) is 0 Å². The molecule has 1 atom stereocenters. The maximum absolute atomic E-state index is 9.34. The Hall–Kier alpha value is 0.759. The van der Waals surface area contributed by atoms with Gasteiger partial charge in [0.1, 0.15) is 0 Å². The third-order valence-corrected chi connectivity index (χ3v) is 0.341. The quantitative estimate of drug-likeness (QED) is 0.464. The van der Waals surface area contributed by atoms with Gasteiger partial charge in [0.2, 0.25) is 0 Å². The largest absolute Gasteiger partial charge is 3.00 e. The van der Waals surface area contributed by atoms with Crippen LogP contribution in [0, 0.1) is 0 Å². The Balaban J connectivity index is -0.0000000417. The molecule has 0 aliphatic carbocycles. The van der Waals surface area contributed by atoms with Crippen LogP contribution in [0.2, 0.25) is 0 Å². The van der Waals surface area contributed by atoms with E-state index in [1.807, 2.05) is 0 Å². The molecule has 1 radical (unpaired) electrons. The van der Waals surface area contributed by atoms with Crippen LogP contribution in [-0.4, -0.2) is 17.2 Å². The van der Waals surface area contributed by atoms with Gasteiger partial charge in [0.05, 0.1) is 12.1 Å². The first-order valence-electron chi connectivity index (χ1n) is 1.53. The summed E-state index contributed by atoms with van der Waals surface area (Å²) in [6, 6.07) is 0. The number of hydrogen-bond donors (Lipinski definition) is 1. The minimum atomic E-state index is -1.44. The zero-order valence-corrected chi connectivity index (χ0v) is 7.39. The summed E-state index contributed by atoms with van der Waals surface area (Å²) in [6.07, 6.45) is -1.34. The Bertz CT molecular complexity index is 68.1. The Morgan fingerprint density at radius 3 is 1.78 bits per heavy atom. The number of rotatable bonds is 1. The molecule has 0 rings (SSSR count). The summed E-state index contributed by atoms with van der Waals surface area (Å²) >= 11 is 0. The summed E-state index contributed by atoms with van der Waals surface area (Å²) in [4.78, 5) is 9.34. The monoisotopic (exact) mass is 236 g/mol. The molecule has 0 aliphatic heterocycles. The van der Waals surface area contributed by atoms with Gasteiger partial charge in [-0.05, 0) is 6.92 Å². The van der Waals surface area contributed by atoms with Gasteiger partial charge >= 0.3 is 34.1 Å². The second-order valence-electron chi connectivity index (χ2n) is 0.995. The first-order chi connectivity index (χ1) is 2.64. The normalized spacial score (nSPS) is 9.11. The molecule has 0 bridgehead atoms. The molecule has 1 N–H and O–H groups in total. The molecular weight excluding hydrogens is 231 g/mol. The number of aliphatic hydroxyl groups excluding tert-OH is 1. The molecule has 0 amide bonds. The Morgan fingerprint density at radius 2 is 1.78 bits per heavy atom. The van der Waals surface area contributed by atoms with Gasteiger partial charge in [0.15, 0.2) is 0 Å². The van der Waals surface area contributed by atoms with E-state index >= 15 is 0 Å². The molecule has 3 nitrogen and oxygen atoms in total. The molecule has 0 aliphatic rings. The van der Waals surface area contributed by atoms with E-state index in [1.54, 1.807) is 0 Å². The van der Waals surface area contributed by atoms with Crippen LogP contribution in [0.15, 0.2) is 0 Å². The number of hydrogen-bond acceptors (Lipinski definition) is 3. The molecule has 0 saturated heterocycles. The number of carboxylic acids is 1. The van der Waals surface area contributed by atoms with Crippen molar-refractivity contribution in [2.24, 2.45) is 0 Å². The SMILES string of the molecule is CC(O)C(=O)[O-].[Cl-].[Fe+2].[Fe+3]. The van der Waals surface area contributed by atoms with Crippen molar-refractivity contribution in [3.05, 3.63) is 0 Å². The van der Waals surface area contributed by atoms with E-state index in [1.165, 1.54) is 0 Å². The van der Waals surface area contributed by atoms with Crippen molar-refractivity contribution < 1.29 is 61.6 Å². The molecule has 55 valence electrons. The van der Waals surface area contributed by atoms with E-state index in [0.29, 0.717) is 0 Å². The average molecular weight is 236 g/mol. The van der Waals surface area contributed by atoms with Gasteiger partial charge in [-0.1, -0.05) is 0 Å². The number of carboxylic acid groups (broad SMARTS) is 1. The molecule has 6 heteroatoms. The topological polar surface area (TPSA) is 60.4 Å². The summed E-state index contributed by atoms with van der Waals surface area (Å²) in [7, 11) is 0. The van der Waals surface area contributed by atoms with E-state index in [0.717, 1.165) is 6.92 Å². The van der Waals surface area contributed by atoms with Gasteiger partial charge in [-0.3, -0.25) is 0 Å². The van der Waals surface area contributed by atoms with Crippen molar-refractivity contribution in [3.63, 3.8) is 0 Å². The molecule has 0 aromatic rings. The summed E-state index contributed by atoms with van der Waals surface area (Å²) in [6.45, 7) is 1.13. The Morgan fingerprint density at radius 1 is 1.67 bits per heavy atom. The van der Waals surface area contributed by atoms with Crippen LogP contribution in [0.25, 0.3) is 0 Å². The van der Waals surface area contributed by atoms with Gasteiger partial charge in [0.25, 0.3) is 0 Å². The minimum Gasteiger partial charge on any atom is -1.00 e. The predicted molar refractivity (Wildman–Crippen MR) is 16.7 cm³/mol. The minimum absolute atomic E-state index is 0. The Kier molecular flexibility index (Phi) is 29.0. The third kappa shape index (κ3) is 17.7. The molecule has 0 spiro atoms. The van der Waals surface area contributed by atoms with Crippen molar-refractivity contribution in [1.82, 2.24) is 0 Å². The van der Waals surface area contributed by atoms with Crippen molar-refractivity contribution in [1.29, 1.82) is 0 Å². The van der Waals surface area contributed by atoms with Gasteiger partial charge in [-0.25, -0.2) is 0 Å². The zero-order valence-electron chi connectivity index (χ0n) is 4.43. The average Bonchev–Trinajstić information content (AvgIpc) is 1.36. The molecule has 0 aromatic heterocycles. The maximum atomic E-state index is 9.34. The summed E-state index contributed by atoms with van der Waals surface area (Å²) in [5.74, 6) is -1.44. The van der Waals surface area contributed by atoms with Crippen LogP contribution in [0.4, 0.5) is 0 Å². The molecular formula is C3H5ClFe2O3+3. The van der Waals surface area contributed by atoms with Gasteiger partial charge in [-0.2, -0.15) is 0 Å². The zero-order chi connectivity index (χ0) is 5.15. The first kappa shape index (κ1) is 22.6. The van der Waals surface area contributed by atoms with E-state index in [9.17, 15) is 9.90 Å². The van der Waals surface area contributed by atoms with Crippen LogP contribution in [-0.2, 0) is 38.9 Å². The number of aliphatic hydroxyl groups is 1. The van der Waals surface area contributed by atoms with Gasteiger partial charge in [0, 0.05) is 0 Å². The fraction of sp³-hybridized carbons (Fsp3) is 0.667. The standard InChI is InChI=1S/C3H6O3.ClH.2Fe/c1-2(4)3(5)6;;;/h2,4H,1H3,(H,5,6);1H;;/q;;+2;+3/p-2. The van der Waals surface area contributed by atoms with Crippen LogP contribution < -0.4 is 17.5 Å². The smallest absolute Gasteiger partial charge is 1.00 e. The van der Waals surface area contributed by atoms with Crippen LogP contribution >= 0.6 is 0 Å². The third-order valence-electron chi connectivity index (χ3n) is 0.341. The van der Waals surface area contributed by atoms with Crippen molar-refractivity contribution in [3.8, 4) is 0 Å². The van der Waals surface area contributed by atoms with E-state index in [-0.39, 0.29) is 46.5 Å². The van der Waals surface area contributed by atoms with Crippen LogP contribution in [0.3, 0.4) is 0 Å². The fourth-order valence-electron chi connectivity index (χ4n) is 0. The molecule has 0 aromatic carbocycles. The molecule has 0 fully saturated rings. The number of carbonyl (C=O) groups excluding carboxylic acids is 1. The van der Waals surface area contributed by atoms with Crippen molar-refractivity contribution in [2.75, 3.05) is 0 Å². The summed E-state index contributed by atoms with van der Waals surface area (Å²) in [5.41, 5.74) is 0. The first-order valence-corrected chi connectivity index (χ1v) is 1.53. The summed E-state index contributed by atoms with van der Waals surface area (Å²) in [5, 5.41) is 17.3. The van der Waals surface area contributed by atoms with Crippen molar-refractivity contribution in [2.45, 2.75) is 13.0 Å². The maximum Gasteiger partial charge on any atom is 3.00 e. The molecule has 0 heterocycles. The second-order valence-corrected chi connectivity index (χ2v) is 0.995.